The van der Waals surface area contributed by atoms with Gasteiger partial charge in [-0.2, -0.15) is 5.10 Å². The predicted octanol–water partition coefficient (Wildman–Crippen LogP) is 3.04. The minimum absolute atomic E-state index is 0.0628. The zero-order valence-corrected chi connectivity index (χ0v) is 17.9. The fourth-order valence-electron chi connectivity index (χ4n) is 3.23. The minimum Gasteiger partial charge on any atom is -0.493 e. The highest BCUT2D eigenvalue weighted by Crippen LogP contribution is 2.39. The second kappa shape index (κ2) is 9.48. The van der Waals surface area contributed by atoms with Gasteiger partial charge in [0.2, 0.25) is 11.7 Å². The summed E-state index contributed by atoms with van der Waals surface area (Å²) in [5, 5.41) is 7.54. The van der Waals surface area contributed by atoms with Crippen LogP contribution >= 0.6 is 0 Å². The lowest BCUT2D eigenvalue weighted by molar-refractivity contribution is -0.120. The number of amides is 1. The summed E-state index contributed by atoms with van der Waals surface area (Å²) in [6.45, 7) is 9.45. The third-order valence-electron chi connectivity index (χ3n) is 4.67. The predicted molar refractivity (Wildman–Crippen MR) is 108 cm³/mol. The Kier molecular flexibility index (Phi) is 7.31. The van der Waals surface area contributed by atoms with E-state index in [1.807, 2.05) is 24.6 Å². The molecule has 154 valence electrons. The van der Waals surface area contributed by atoms with Crippen LogP contribution in [0.1, 0.15) is 36.4 Å². The molecule has 0 aliphatic carbocycles. The van der Waals surface area contributed by atoms with Crippen molar-refractivity contribution in [1.29, 1.82) is 0 Å². The van der Waals surface area contributed by atoms with E-state index < -0.39 is 0 Å². The number of carbonyl (C=O) groups excluding carboxylic acids is 1. The van der Waals surface area contributed by atoms with Crippen LogP contribution < -0.4 is 19.5 Å². The van der Waals surface area contributed by atoms with Gasteiger partial charge in [0, 0.05) is 29.9 Å². The average molecular weight is 389 g/mol. The lowest BCUT2D eigenvalue weighted by Gasteiger charge is -2.16. The fraction of sp³-hybridized carbons (Fsp3) is 0.524. The third kappa shape index (κ3) is 4.77. The fourth-order valence-corrected chi connectivity index (χ4v) is 3.23. The molecule has 0 saturated carbocycles. The second-order valence-corrected chi connectivity index (χ2v) is 7.17. The number of aromatic nitrogens is 2. The first kappa shape index (κ1) is 21.6. The Hall–Kier alpha value is -2.70. The van der Waals surface area contributed by atoms with Crippen LogP contribution in [0.4, 0.5) is 0 Å². The van der Waals surface area contributed by atoms with E-state index in [9.17, 15) is 4.79 Å². The maximum atomic E-state index is 12.6. The van der Waals surface area contributed by atoms with Gasteiger partial charge < -0.3 is 19.5 Å². The van der Waals surface area contributed by atoms with Crippen molar-refractivity contribution < 1.29 is 19.0 Å². The van der Waals surface area contributed by atoms with Gasteiger partial charge >= 0.3 is 0 Å². The van der Waals surface area contributed by atoms with Crippen molar-refractivity contribution in [2.24, 2.45) is 5.92 Å². The summed E-state index contributed by atoms with van der Waals surface area (Å²) < 4.78 is 18.1. The summed E-state index contributed by atoms with van der Waals surface area (Å²) in [5.41, 5.74) is 3.75. The Bertz CT molecular complexity index is 828. The van der Waals surface area contributed by atoms with E-state index in [4.69, 9.17) is 14.2 Å². The molecule has 7 heteroatoms. The third-order valence-corrected chi connectivity index (χ3v) is 4.67. The number of hydrogen-bond acceptors (Lipinski definition) is 5. The molecule has 1 aromatic carbocycles. The summed E-state index contributed by atoms with van der Waals surface area (Å²) in [7, 11) is 4.70. The molecule has 0 atom stereocenters. The van der Waals surface area contributed by atoms with Gasteiger partial charge in [-0.25, -0.2) is 0 Å². The van der Waals surface area contributed by atoms with Gasteiger partial charge in [0.25, 0.3) is 0 Å². The molecule has 2 aromatic rings. The monoisotopic (exact) mass is 389 g/mol. The number of rotatable bonds is 9. The molecule has 0 unspecified atom stereocenters. The van der Waals surface area contributed by atoms with Crippen LogP contribution in [-0.4, -0.2) is 37.0 Å². The largest absolute Gasteiger partial charge is 0.493 e. The zero-order valence-electron chi connectivity index (χ0n) is 17.9. The SMILES string of the molecule is COc1ccc(CNC(=O)Cc2c(C)nn(CC(C)C)c2C)c(OC)c1OC. The molecule has 0 radical (unpaired) electrons. The molecule has 0 saturated heterocycles. The second-order valence-electron chi connectivity index (χ2n) is 7.17. The van der Waals surface area contributed by atoms with Crippen LogP contribution in [0.15, 0.2) is 12.1 Å². The topological polar surface area (TPSA) is 74.6 Å². The molecule has 0 fully saturated rings. The van der Waals surface area contributed by atoms with Crippen LogP contribution in [0.3, 0.4) is 0 Å². The molecule has 2 rings (SSSR count). The van der Waals surface area contributed by atoms with Crippen molar-refractivity contribution in [3.8, 4) is 17.2 Å². The van der Waals surface area contributed by atoms with E-state index in [0.29, 0.717) is 36.1 Å². The minimum atomic E-state index is -0.0628. The molecule has 1 aromatic heterocycles. The number of nitrogens with one attached hydrogen (secondary N) is 1. The number of ether oxygens (including phenoxy) is 3. The lowest BCUT2D eigenvalue weighted by Crippen LogP contribution is -2.25. The quantitative estimate of drug-likeness (QED) is 0.713. The first-order valence-corrected chi connectivity index (χ1v) is 9.39. The molecule has 0 bridgehead atoms. The molecular formula is C21H31N3O4. The molecule has 0 aliphatic heterocycles. The van der Waals surface area contributed by atoms with Gasteiger partial charge in [0.1, 0.15) is 0 Å². The average Bonchev–Trinajstić information content (AvgIpc) is 2.92. The van der Waals surface area contributed by atoms with Gasteiger partial charge in [0.15, 0.2) is 11.5 Å². The maximum absolute atomic E-state index is 12.6. The lowest BCUT2D eigenvalue weighted by atomic mass is 10.1. The maximum Gasteiger partial charge on any atom is 0.224 e. The smallest absolute Gasteiger partial charge is 0.224 e. The Morgan fingerprint density at radius 1 is 1.11 bits per heavy atom. The van der Waals surface area contributed by atoms with Crippen molar-refractivity contribution in [2.75, 3.05) is 21.3 Å². The van der Waals surface area contributed by atoms with Gasteiger partial charge in [-0.1, -0.05) is 13.8 Å². The molecule has 7 nitrogen and oxygen atoms in total. The van der Waals surface area contributed by atoms with Crippen LogP contribution in [0.5, 0.6) is 17.2 Å². The van der Waals surface area contributed by atoms with Crippen molar-refractivity contribution >= 4 is 5.91 Å². The molecule has 28 heavy (non-hydrogen) atoms. The summed E-state index contributed by atoms with van der Waals surface area (Å²) in [6, 6.07) is 3.66. The van der Waals surface area contributed by atoms with Gasteiger partial charge in [-0.15, -0.1) is 0 Å². The van der Waals surface area contributed by atoms with Crippen LogP contribution in [-0.2, 0) is 24.3 Å². The normalized spacial score (nSPS) is 10.9. The standard InChI is InChI=1S/C21H31N3O4/c1-13(2)12-24-15(4)17(14(3)23-24)10-19(25)22-11-16-8-9-18(26-5)21(28-7)20(16)27-6/h8-9,13H,10-12H2,1-7H3,(H,22,25). The summed E-state index contributed by atoms with van der Waals surface area (Å²) in [5.74, 6) is 2.08. The molecule has 0 spiro atoms. The molecular weight excluding hydrogens is 358 g/mol. The first-order valence-electron chi connectivity index (χ1n) is 9.39. The van der Waals surface area contributed by atoms with Crippen LogP contribution in [0.2, 0.25) is 0 Å². The number of benzene rings is 1. The van der Waals surface area contributed by atoms with Crippen molar-refractivity contribution in [3.63, 3.8) is 0 Å². The molecule has 1 amide bonds. The Morgan fingerprint density at radius 3 is 2.36 bits per heavy atom. The van der Waals surface area contributed by atoms with E-state index in [1.165, 1.54) is 0 Å². The summed E-state index contributed by atoms with van der Waals surface area (Å²) in [4.78, 5) is 12.6. The summed E-state index contributed by atoms with van der Waals surface area (Å²) in [6.07, 6.45) is 0.297. The highest BCUT2D eigenvalue weighted by molar-refractivity contribution is 5.79. The Morgan fingerprint density at radius 2 is 1.79 bits per heavy atom. The van der Waals surface area contributed by atoms with E-state index >= 15 is 0 Å². The number of nitrogens with zero attached hydrogens (tertiary/aromatic N) is 2. The molecule has 1 heterocycles. The van der Waals surface area contributed by atoms with E-state index in [1.54, 1.807) is 27.4 Å². The summed E-state index contributed by atoms with van der Waals surface area (Å²) >= 11 is 0. The number of hydrogen-bond donors (Lipinski definition) is 1. The number of aryl methyl sites for hydroxylation is 1. The Labute approximate surface area is 167 Å². The molecule has 0 aliphatic rings. The van der Waals surface area contributed by atoms with E-state index in [0.717, 1.165) is 29.1 Å². The first-order chi connectivity index (χ1) is 13.3. The van der Waals surface area contributed by atoms with Crippen molar-refractivity contribution in [1.82, 2.24) is 15.1 Å². The highest BCUT2D eigenvalue weighted by Gasteiger charge is 2.18. The van der Waals surface area contributed by atoms with Crippen molar-refractivity contribution in [2.45, 2.75) is 47.2 Å². The zero-order chi connectivity index (χ0) is 20.8. The van der Waals surface area contributed by atoms with Gasteiger partial charge in [-0.05, 0) is 31.9 Å². The van der Waals surface area contributed by atoms with E-state index in [-0.39, 0.29) is 5.91 Å². The van der Waals surface area contributed by atoms with E-state index in [2.05, 4.69) is 24.3 Å². The Balaban J connectivity index is 2.10. The van der Waals surface area contributed by atoms with Gasteiger partial charge in [0.05, 0.1) is 33.4 Å². The van der Waals surface area contributed by atoms with Gasteiger partial charge in [-0.3, -0.25) is 9.48 Å². The molecule has 1 N–H and O–H groups in total. The highest BCUT2D eigenvalue weighted by atomic mass is 16.5. The van der Waals surface area contributed by atoms with Crippen molar-refractivity contribution in [3.05, 3.63) is 34.6 Å². The van der Waals surface area contributed by atoms with Crippen LogP contribution in [0, 0.1) is 19.8 Å². The number of carbonyl (C=O) groups is 1. The van der Waals surface area contributed by atoms with Crippen LogP contribution in [0.25, 0.3) is 0 Å². The number of methoxy groups -OCH3 is 3.